The van der Waals surface area contributed by atoms with E-state index in [4.69, 9.17) is 17.7 Å². The van der Waals surface area contributed by atoms with E-state index >= 15 is 0 Å². The molecule has 0 aliphatic carbocycles. The lowest BCUT2D eigenvalue weighted by Crippen LogP contribution is -2.40. The number of thioether (sulfide) groups is 2. The second kappa shape index (κ2) is 20.0. The van der Waals surface area contributed by atoms with Crippen molar-refractivity contribution in [3.63, 3.8) is 0 Å². The molecule has 0 radical (unpaired) electrons. The van der Waals surface area contributed by atoms with Crippen LogP contribution in [0.15, 0.2) is 0 Å². The summed E-state index contributed by atoms with van der Waals surface area (Å²) < 4.78 is 23.9. The summed E-state index contributed by atoms with van der Waals surface area (Å²) in [6.07, 6.45) is 0. The molecule has 28 heavy (non-hydrogen) atoms. The Morgan fingerprint density at radius 3 is 1.07 bits per heavy atom. The van der Waals surface area contributed by atoms with E-state index in [-0.39, 0.29) is 0 Å². The van der Waals surface area contributed by atoms with Crippen molar-refractivity contribution in [3.8, 4) is 0 Å². The van der Waals surface area contributed by atoms with Gasteiger partial charge in [0.05, 0.1) is 0 Å². The van der Waals surface area contributed by atoms with E-state index in [9.17, 15) is 0 Å². The van der Waals surface area contributed by atoms with E-state index in [1.165, 1.54) is 0 Å². The van der Waals surface area contributed by atoms with E-state index in [2.05, 4.69) is 63.6 Å². The molecule has 0 spiro atoms. The third kappa shape index (κ3) is 17.0. The van der Waals surface area contributed by atoms with E-state index < -0.39 is 17.1 Å². The molecule has 170 valence electrons. The fraction of sp³-hybridized carbons (Fsp3) is 1.00. The fourth-order valence-electron chi connectivity index (χ4n) is 2.26. The molecular formula is C16H38O4S6Si2. The van der Waals surface area contributed by atoms with Crippen LogP contribution in [0, 0.1) is 0 Å². The van der Waals surface area contributed by atoms with Crippen molar-refractivity contribution < 1.29 is 17.7 Å². The maximum Gasteiger partial charge on any atom is 0.335 e. The second-order valence-electron chi connectivity index (χ2n) is 6.28. The quantitative estimate of drug-likeness (QED) is 0.0980. The van der Waals surface area contributed by atoms with Crippen LogP contribution in [0.2, 0.25) is 25.2 Å². The van der Waals surface area contributed by atoms with Crippen LogP contribution >= 0.6 is 74.0 Å². The molecule has 0 amide bonds. The molecule has 0 saturated heterocycles. The summed E-state index contributed by atoms with van der Waals surface area (Å²) in [5.41, 5.74) is 0. The summed E-state index contributed by atoms with van der Waals surface area (Å²) in [6, 6.07) is 2.01. The molecule has 0 aliphatic rings. The monoisotopic (exact) mass is 542 g/mol. The van der Waals surface area contributed by atoms with Gasteiger partial charge in [0, 0.05) is 60.9 Å². The highest BCUT2D eigenvalue weighted by molar-refractivity contribution is 8.03. The molecule has 4 nitrogen and oxygen atoms in total. The average molecular weight is 543 g/mol. The van der Waals surface area contributed by atoms with Gasteiger partial charge in [-0.15, -0.1) is 0 Å². The number of rotatable bonds is 21. The molecule has 0 atom stereocenters. The van der Waals surface area contributed by atoms with Crippen molar-refractivity contribution in [2.75, 3.05) is 72.5 Å². The Bertz CT molecular complexity index is 313. The normalized spacial score (nSPS) is 12.6. The Balaban J connectivity index is 3.95. The van der Waals surface area contributed by atoms with Crippen molar-refractivity contribution in [2.24, 2.45) is 0 Å². The van der Waals surface area contributed by atoms with Crippen LogP contribution in [0.1, 0.15) is 0 Å². The van der Waals surface area contributed by atoms with Gasteiger partial charge in [-0.2, -0.15) is 74.0 Å². The minimum atomic E-state index is -2.08. The Hall–Kier alpha value is 2.37. The van der Waals surface area contributed by atoms with Gasteiger partial charge in [-0.3, -0.25) is 0 Å². The first-order valence-electron chi connectivity index (χ1n) is 9.60. The second-order valence-corrected chi connectivity index (χ2v) is 17.2. The van der Waals surface area contributed by atoms with E-state index in [1.54, 1.807) is 0 Å². The van der Waals surface area contributed by atoms with Gasteiger partial charge in [0.2, 0.25) is 0 Å². The van der Waals surface area contributed by atoms with Crippen LogP contribution in [-0.2, 0) is 17.7 Å². The molecule has 0 fully saturated rings. The molecule has 0 heterocycles. The van der Waals surface area contributed by atoms with Gasteiger partial charge in [0.1, 0.15) is 0 Å². The SMILES string of the molecule is C[Si](CCSCCSCC[Si](C)(OCCS)OCCS)(OCCS)OCCS. The Morgan fingerprint density at radius 1 is 0.536 bits per heavy atom. The summed E-state index contributed by atoms with van der Waals surface area (Å²) >= 11 is 20.9. The zero-order valence-corrected chi connectivity index (χ0v) is 24.3. The van der Waals surface area contributed by atoms with Crippen LogP contribution in [0.3, 0.4) is 0 Å². The van der Waals surface area contributed by atoms with Crippen LogP contribution in [-0.4, -0.2) is 89.6 Å². The van der Waals surface area contributed by atoms with Gasteiger partial charge in [0.15, 0.2) is 0 Å². The molecular weight excluding hydrogens is 505 g/mol. The number of hydrogen-bond donors (Lipinski definition) is 4. The molecule has 0 saturated carbocycles. The maximum atomic E-state index is 5.98. The minimum Gasteiger partial charge on any atom is -0.393 e. The first-order valence-corrected chi connectivity index (χ1v) is 19.5. The molecule has 0 bridgehead atoms. The third-order valence-electron chi connectivity index (χ3n) is 3.77. The van der Waals surface area contributed by atoms with E-state index in [0.29, 0.717) is 26.4 Å². The smallest absolute Gasteiger partial charge is 0.335 e. The molecule has 12 heteroatoms. The first-order chi connectivity index (χ1) is 13.4. The Labute approximate surface area is 205 Å². The predicted molar refractivity (Wildman–Crippen MR) is 147 cm³/mol. The highest BCUT2D eigenvalue weighted by atomic mass is 32.2. The lowest BCUT2D eigenvalue weighted by Gasteiger charge is -2.27. The Kier molecular flexibility index (Phi) is 21.7. The Morgan fingerprint density at radius 2 is 0.821 bits per heavy atom. The number of hydrogen-bond acceptors (Lipinski definition) is 10. The lowest BCUT2D eigenvalue weighted by molar-refractivity contribution is 0.193. The van der Waals surface area contributed by atoms with Crippen LogP contribution < -0.4 is 0 Å². The highest BCUT2D eigenvalue weighted by Gasteiger charge is 2.31. The minimum absolute atomic E-state index is 0.659. The number of thiol groups is 4. The summed E-state index contributed by atoms with van der Waals surface area (Å²) in [7, 11) is -4.17. The summed E-state index contributed by atoms with van der Waals surface area (Å²) in [4.78, 5) is 0. The van der Waals surface area contributed by atoms with Crippen molar-refractivity contribution in [1.29, 1.82) is 0 Å². The zero-order valence-electron chi connectivity index (χ0n) is 17.1. The predicted octanol–water partition coefficient (Wildman–Crippen LogP) is 4.38. The zero-order chi connectivity index (χ0) is 21.1. The lowest BCUT2D eigenvalue weighted by atomic mass is 10.9. The van der Waals surface area contributed by atoms with Crippen molar-refractivity contribution in [1.82, 2.24) is 0 Å². The molecule has 0 unspecified atom stereocenters. The molecule has 0 N–H and O–H groups in total. The molecule has 0 rings (SSSR count). The van der Waals surface area contributed by atoms with Crippen molar-refractivity contribution >= 4 is 91.2 Å². The maximum absolute atomic E-state index is 5.98. The topological polar surface area (TPSA) is 36.9 Å². The van der Waals surface area contributed by atoms with Crippen LogP contribution in [0.4, 0.5) is 0 Å². The van der Waals surface area contributed by atoms with Gasteiger partial charge in [-0.25, -0.2) is 0 Å². The largest absolute Gasteiger partial charge is 0.393 e. The van der Waals surface area contributed by atoms with Crippen LogP contribution in [0.25, 0.3) is 0 Å². The first kappa shape index (κ1) is 30.4. The van der Waals surface area contributed by atoms with Crippen molar-refractivity contribution in [3.05, 3.63) is 0 Å². The van der Waals surface area contributed by atoms with Crippen molar-refractivity contribution in [2.45, 2.75) is 25.2 Å². The molecule has 0 aliphatic heterocycles. The van der Waals surface area contributed by atoms with Gasteiger partial charge in [0.25, 0.3) is 0 Å². The molecule has 0 aromatic heterocycles. The van der Waals surface area contributed by atoms with E-state index in [1.807, 2.05) is 23.5 Å². The summed E-state index contributed by atoms with van der Waals surface area (Å²) in [6.45, 7) is 6.93. The highest BCUT2D eigenvalue weighted by Crippen LogP contribution is 2.21. The third-order valence-corrected chi connectivity index (χ3v) is 13.0. The van der Waals surface area contributed by atoms with E-state index in [0.717, 1.165) is 58.1 Å². The summed E-state index contributed by atoms with van der Waals surface area (Å²) in [5, 5.41) is 0. The fourth-order valence-corrected chi connectivity index (χ4v) is 11.7. The van der Waals surface area contributed by atoms with Gasteiger partial charge in [-0.1, -0.05) is 0 Å². The molecule has 0 aromatic carbocycles. The molecule has 0 aromatic rings. The van der Waals surface area contributed by atoms with Gasteiger partial charge in [-0.05, 0) is 36.7 Å². The average Bonchev–Trinajstić information content (AvgIpc) is 2.70. The summed E-state index contributed by atoms with van der Waals surface area (Å²) in [5.74, 6) is 7.35. The van der Waals surface area contributed by atoms with Crippen LogP contribution in [0.5, 0.6) is 0 Å². The van der Waals surface area contributed by atoms with Gasteiger partial charge >= 0.3 is 17.1 Å². The van der Waals surface area contributed by atoms with Gasteiger partial charge < -0.3 is 17.7 Å². The standard InChI is InChI=1S/C16H38O4S6Si2/c1-27(17-3-7-21,18-4-8-22)15-13-25-11-12-26-14-16-28(2,19-5-9-23)20-6-10-24/h21-24H,3-16H2,1-2H3.